The van der Waals surface area contributed by atoms with Gasteiger partial charge in [-0.05, 0) is 55.2 Å². The van der Waals surface area contributed by atoms with Crippen LogP contribution in [0.1, 0.15) is 51.0 Å². The maximum atomic E-state index is 13.5. The molecule has 1 aromatic heterocycles. The molecule has 178 valence electrons. The predicted octanol–water partition coefficient (Wildman–Crippen LogP) is 6.26. The minimum absolute atomic E-state index is 0.0135. The quantitative estimate of drug-likeness (QED) is 0.291. The van der Waals surface area contributed by atoms with E-state index in [0.29, 0.717) is 25.2 Å². The topological polar surface area (TPSA) is 40.6 Å². The first-order valence-corrected chi connectivity index (χ1v) is 12.7. The monoisotopic (exact) mass is 474 g/mol. The summed E-state index contributed by atoms with van der Waals surface area (Å²) in [6.07, 6.45) is 4.95. The molecule has 0 saturated carbocycles. The van der Waals surface area contributed by atoms with Crippen LogP contribution in [-0.4, -0.2) is 34.7 Å². The number of rotatable bonds is 12. The van der Waals surface area contributed by atoms with Crippen LogP contribution in [0.15, 0.2) is 79.4 Å². The number of hydrogen-bond acceptors (Lipinski definition) is 3. The molecular weight excluding hydrogens is 440 g/mol. The van der Waals surface area contributed by atoms with Gasteiger partial charge in [-0.25, -0.2) is 0 Å². The molecule has 5 heteroatoms. The molecule has 0 aliphatic rings. The molecule has 0 aliphatic heterocycles. The van der Waals surface area contributed by atoms with Crippen LogP contribution >= 0.6 is 11.3 Å². The van der Waals surface area contributed by atoms with Gasteiger partial charge < -0.3 is 9.80 Å². The van der Waals surface area contributed by atoms with Crippen molar-refractivity contribution in [1.29, 1.82) is 0 Å². The third-order valence-electron chi connectivity index (χ3n) is 5.69. The fourth-order valence-electron chi connectivity index (χ4n) is 3.81. The van der Waals surface area contributed by atoms with Crippen molar-refractivity contribution in [3.05, 3.63) is 106 Å². The van der Waals surface area contributed by atoms with E-state index in [-0.39, 0.29) is 18.4 Å². The van der Waals surface area contributed by atoms with Gasteiger partial charge in [0.05, 0.1) is 6.54 Å². The van der Waals surface area contributed by atoms with Gasteiger partial charge in [0.15, 0.2) is 0 Å². The third-order valence-corrected chi connectivity index (χ3v) is 6.68. The molecule has 1 heterocycles. The number of carbonyl (C=O) groups excluding carboxylic acids is 2. The van der Waals surface area contributed by atoms with E-state index >= 15 is 0 Å². The summed E-state index contributed by atoms with van der Waals surface area (Å²) < 4.78 is 0. The van der Waals surface area contributed by atoms with Crippen molar-refractivity contribution >= 4 is 23.2 Å². The Morgan fingerprint density at radius 2 is 1.65 bits per heavy atom. The Morgan fingerprint density at radius 3 is 2.26 bits per heavy atom. The lowest BCUT2D eigenvalue weighted by atomic mass is 10.1. The molecule has 0 fully saturated rings. The van der Waals surface area contributed by atoms with Crippen molar-refractivity contribution in [2.24, 2.45) is 0 Å². The Labute approximate surface area is 207 Å². The molecule has 0 unspecified atom stereocenters. The first-order chi connectivity index (χ1) is 16.5. The third kappa shape index (κ3) is 7.42. The van der Waals surface area contributed by atoms with Crippen LogP contribution in [0.3, 0.4) is 0 Å². The van der Waals surface area contributed by atoms with Crippen LogP contribution in [0, 0.1) is 6.92 Å². The zero-order chi connectivity index (χ0) is 24.3. The van der Waals surface area contributed by atoms with Crippen LogP contribution in [0.5, 0.6) is 0 Å². The summed E-state index contributed by atoms with van der Waals surface area (Å²) in [6.45, 7) is 9.39. The Balaban J connectivity index is 1.75. The Hall–Kier alpha value is -3.18. The van der Waals surface area contributed by atoms with Crippen molar-refractivity contribution < 1.29 is 9.59 Å². The van der Waals surface area contributed by atoms with E-state index in [1.165, 1.54) is 10.4 Å². The summed E-state index contributed by atoms with van der Waals surface area (Å²) in [6, 6.07) is 21.9. The number of unbranched alkanes of at least 4 members (excludes halogenated alkanes) is 1. The van der Waals surface area contributed by atoms with E-state index in [2.05, 4.69) is 32.6 Å². The SMILES string of the molecule is C=CCN(CC(=O)N(Cc1ccccc1)Cc1ccc(C)s1)C(=O)c1ccc(CCCC)cc1. The summed E-state index contributed by atoms with van der Waals surface area (Å²) in [5.74, 6) is -0.230. The maximum absolute atomic E-state index is 13.5. The lowest BCUT2D eigenvalue weighted by molar-refractivity contribution is -0.133. The molecule has 0 radical (unpaired) electrons. The van der Waals surface area contributed by atoms with E-state index < -0.39 is 0 Å². The highest BCUT2D eigenvalue weighted by Crippen LogP contribution is 2.19. The molecule has 3 aromatic rings. The Kier molecular flexibility index (Phi) is 9.65. The molecule has 34 heavy (non-hydrogen) atoms. The highest BCUT2D eigenvalue weighted by molar-refractivity contribution is 7.11. The molecule has 2 aromatic carbocycles. The molecule has 0 bridgehead atoms. The maximum Gasteiger partial charge on any atom is 0.254 e. The van der Waals surface area contributed by atoms with Gasteiger partial charge in [-0.1, -0.05) is 61.9 Å². The molecule has 0 saturated heterocycles. The largest absolute Gasteiger partial charge is 0.332 e. The van der Waals surface area contributed by atoms with E-state index in [1.54, 1.807) is 22.3 Å². The zero-order valence-electron chi connectivity index (χ0n) is 20.2. The second-order valence-electron chi connectivity index (χ2n) is 8.52. The van der Waals surface area contributed by atoms with Gasteiger partial charge >= 0.3 is 0 Å². The first-order valence-electron chi connectivity index (χ1n) is 11.9. The normalized spacial score (nSPS) is 10.6. The molecule has 0 N–H and O–H groups in total. The lowest BCUT2D eigenvalue weighted by Gasteiger charge is -2.27. The molecule has 0 atom stereocenters. The Morgan fingerprint density at radius 1 is 0.912 bits per heavy atom. The van der Waals surface area contributed by atoms with Crippen molar-refractivity contribution in [1.82, 2.24) is 9.80 Å². The van der Waals surface area contributed by atoms with Crippen LogP contribution in [0.25, 0.3) is 0 Å². The van der Waals surface area contributed by atoms with Gasteiger partial charge in [-0.15, -0.1) is 17.9 Å². The number of benzene rings is 2. The molecule has 4 nitrogen and oxygen atoms in total. The summed E-state index contributed by atoms with van der Waals surface area (Å²) in [5, 5.41) is 0. The van der Waals surface area contributed by atoms with Gasteiger partial charge in [0.25, 0.3) is 5.91 Å². The zero-order valence-corrected chi connectivity index (χ0v) is 21.0. The number of aryl methyl sites for hydroxylation is 2. The second kappa shape index (κ2) is 12.9. The standard InChI is InChI=1S/C29H34N2O2S/c1-4-6-10-24-14-16-26(17-15-24)29(33)30(19-5-2)22-28(32)31(20-25-11-8-7-9-12-25)21-27-18-13-23(3)34-27/h5,7-9,11-18H,2,4,6,10,19-22H2,1,3H3. The van der Waals surface area contributed by atoms with Gasteiger partial charge in [0.1, 0.15) is 6.54 Å². The Bertz CT molecular complexity index is 1070. The summed E-state index contributed by atoms with van der Waals surface area (Å²) >= 11 is 1.69. The minimum atomic E-state index is -0.151. The van der Waals surface area contributed by atoms with E-state index in [9.17, 15) is 9.59 Å². The average molecular weight is 475 g/mol. The minimum Gasteiger partial charge on any atom is -0.332 e. The van der Waals surface area contributed by atoms with Gasteiger partial charge in [-0.2, -0.15) is 0 Å². The van der Waals surface area contributed by atoms with Crippen molar-refractivity contribution in [2.45, 2.75) is 46.2 Å². The second-order valence-corrected chi connectivity index (χ2v) is 9.90. The number of nitrogens with zero attached hydrogens (tertiary/aromatic N) is 2. The molecular formula is C29H34N2O2S. The number of carbonyl (C=O) groups is 2. The molecule has 3 rings (SSSR count). The smallest absolute Gasteiger partial charge is 0.254 e. The van der Waals surface area contributed by atoms with Gasteiger partial charge in [0.2, 0.25) is 5.91 Å². The lowest BCUT2D eigenvalue weighted by Crippen LogP contribution is -2.42. The highest BCUT2D eigenvalue weighted by atomic mass is 32.1. The molecule has 2 amide bonds. The fourth-order valence-corrected chi connectivity index (χ4v) is 4.72. The summed E-state index contributed by atoms with van der Waals surface area (Å²) in [7, 11) is 0. The summed E-state index contributed by atoms with van der Waals surface area (Å²) in [5.41, 5.74) is 2.89. The van der Waals surface area contributed by atoms with Crippen LogP contribution in [-0.2, 0) is 24.3 Å². The predicted molar refractivity (Wildman–Crippen MR) is 141 cm³/mol. The van der Waals surface area contributed by atoms with Crippen LogP contribution in [0.2, 0.25) is 0 Å². The van der Waals surface area contributed by atoms with Gasteiger partial charge in [-0.3, -0.25) is 9.59 Å². The van der Waals surface area contributed by atoms with Crippen molar-refractivity contribution in [2.75, 3.05) is 13.1 Å². The average Bonchev–Trinajstić information content (AvgIpc) is 3.27. The number of thiophene rings is 1. The fraction of sp³-hybridized carbons (Fsp3) is 0.310. The van der Waals surface area contributed by atoms with E-state index in [4.69, 9.17) is 0 Å². The highest BCUT2D eigenvalue weighted by Gasteiger charge is 2.22. The van der Waals surface area contributed by atoms with Crippen LogP contribution in [0.4, 0.5) is 0 Å². The molecule has 0 spiro atoms. The number of hydrogen-bond donors (Lipinski definition) is 0. The van der Waals surface area contributed by atoms with Crippen LogP contribution < -0.4 is 0 Å². The molecule has 0 aliphatic carbocycles. The summed E-state index contributed by atoms with van der Waals surface area (Å²) in [4.78, 5) is 32.5. The number of amides is 2. The van der Waals surface area contributed by atoms with Gasteiger partial charge in [0, 0.05) is 28.4 Å². The van der Waals surface area contributed by atoms with Crippen molar-refractivity contribution in [3.63, 3.8) is 0 Å². The van der Waals surface area contributed by atoms with Crippen molar-refractivity contribution in [3.8, 4) is 0 Å². The van der Waals surface area contributed by atoms with E-state index in [1.807, 2.05) is 59.5 Å². The first kappa shape index (κ1) is 25.4. The van der Waals surface area contributed by atoms with E-state index in [0.717, 1.165) is 29.7 Å².